The molecule has 0 bridgehead atoms. The van der Waals surface area contributed by atoms with Crippen molar-refractivity contribution in [3.05, 3.63) is 60.7 Å². The average Bonchev–Trinajstić information content (AvgIpc) is 2.40. The van der Waals surface area contributed by atoms with E-state index in [0.29, 0.717) is 6.42 Å². The van der Waals surface area contributed by atoms with Crippen LogP contribution in [0.1, 0.15) is 13.3 Å². The first-order chi connectivity index (χ1) is 9.51. The van der Waals surface area contributed by atoms with Crippen molar-refractivity contribution in [1.29, 1.82) is 0 Å². The summed E-state index contributed by atoms with van der Waals surface area (Å²) >= 11 is 0. The van der Waals surface area contributed by atoms with Crippen LogP contribution in [-0.4, -0.2) is 18.7 Å². The molecule has 3 nitrogen and oxygen atoms in total. The summed E-state index contributed by atoms with van der Waals surface area (Å²) in [6.07, 6.45) is 0.471. The third kappa shape index (κ3) is 8.05. The molecule has 0 fully saturated rings. The van der Waals surface area contributed by atoms with Crippen LogP contribution in [0.2, 0.25) is 0 Å². The van der Waals surface area contributed by atoms with Gasteiger partial charge in [-0.1, -0.05) is 76.2 Å². The Bertz CT molecular complexity index is 546. The van der Waals surface area contributed by atoms with E-state index in [4.69, 9.17) is 4.55 Å². The number of benzene rings is 2. The fourth-order valence-corrected chi connectivity index (χ4v) is 3.04. The van der Waals surface area contributed by atoms with Crippen LogP contribution in [0, 0.1) is 0 Å². The van der Waals surface area contributed by atoms with Crippen molar-refractivity contribution in [2.75, 3.05) is 5.75 Å². The van der Waals surface area contributed by atoms with E-state index < -0.39 is 10.1 Å². The number of hydrogen-bond donors (Lipinski definition) is 1. The molecule has 0 saturated heterocycles. The molecular weight excluding hydrogens is 291 g/mol. The van der Waals surface area contributed by atoms with Gasteiger partial charge in [0.2, 0.25) is 0 Å². The first-order valence-electron chi connectivity index (χ1n) is 6.33. The van der Waals surface area contributed by atoms with Crippen molar-refractivity contribution < 1.29 is 13.0 Å². The quantitative estimate of drug-likeness (QED) is 0.697. The lowest BCUT2D eigenvalue weighted by Crippen LogP contribution is -2.01. The number of hydrogen-bond acceptors (Lipinski definition) is 2. The van der Waals surface area contributed by atoms with E-state index in [-0.39, 0.29) is 5.75 Å². The first kappa shape index (κ1) is 16.8. The largest absolute Gasteiger partial charge is 0.286 e. The summed E-state index contributed by atoms with van der Waals surface area (Å²) in [5.41, 5.74) is 0. The topological polar surface area (TPSA) is 54.4 Å². The third-order valence-corrected chi connectivity index (χ3v) is 4.47. The predicted molar refractivity (Wildman–Crippen MR) is 87.2 cm³/mol. The highest BCUT2D eigenvalue weighted by atomic mass is 32.2. The van der Waals surface area contributed by atoms with Gasteiger partial charge in [-0.05, 0) is 17.0 Å². The Morgan fingerprint density at radius 2 is 1.30 bits per heavy atom. The lowest BCUT2D eigenvalue weighted by atomic mass is 10.4. The smallest absolute Gasteiger partial charge is 0.264 e. The van der Waals surface area contributed by atoms with Crippen LogP contribution in [0.15, 0.2) is 60.7 Å². The molecular formula is C15H19O3PS. The van der Waals surface area contributed by atoms with E-state index in [1.54, 1.807) is 6.92 Å². The minimum Gasteiger partial charge on any atom is -0.286 e. The highest BCUT2D eigenvalue weighted by Gasteiger charge is 1.98. The molecule has 2 rings (SSSR count). The molecule has 0 heterocycles. The summed E-state index contributed by atoms with van der Waals surface area (Å²) < 4.78 is 27.6. The van der Waals surface area contributed by atoms with Crippen LogP contribution < -0.4 is 10.6 Å². The van der Waals surface area contributed by atoms with E-state index in [2.05, 4.69) is 60.7 Å². The Morgan fingerprint density at radius 3 is 1.55 bits per heavy atom. The molecule has 0 aliphatic heterocycles. The standard InChI is InChI=1S/C12H11P.C3H8O3S/c1-3-7-11(8-4-1)13-12-9-5-2-6-10-12;1-2-3-7(4,5)6/h1-10,13H;2-3H2,1H3,(H,4,5,6). The summed E-state index contributed by atoms with van der Waals surface area (Å²) in [4.78, 5) is 0. The van der Waals surface area contributed by atoms with Gasteiger partial charge in [0.05, 0.1) is 5.75 Å². The molecule has 0 aromatic heterocycles. The first-order valence-corrected chi connectivity index (χ1v) is 8.94. The summed E-state index contributed by atoms with van der Waals surface area (Å²) in [5.74, 6) is -0.132. The molecule has 0 saturated carbocycles. The Kier molecular flexibility index (Phi) is 7.45. The van der Waals surface area contributed by atoms with Crippen LogP contribution in [0.4, 0.5) is 0 Å². The second-order valence-electron chi connectivity index (χ2n) is 4.14. The zero-order chi connectivity index (χ0) is 14.8. The van der Waals surface area contributed by atoms with E-state index in [1.165, 1.54) is 10.6 Å². The fraction of sp³-hybridized carbons (Fsp3) is 0.200. The van der Waals surface area contributed by atoms with Crippen LogP contribution >= 0.6 is 8.58 Å². The Morgan fingerprint density at radius 1 is 0.900 bits per heavy atom. The molecule has 5 heteroatoms. The van der Waals surface area contributed by atoms with Crippen molar-refractivity contribution in [2.24, 2.45) is 0 Å². The van der Waals surface area contributed by atoms with Gasteiger partial charge >= 0.3 is 0 Å². The molecule has 0 radical (unpaired) electrons. The highest BCUT2D eigenvalue weighted by molar-refractivity contribution is 7.85. The molecule has 108 valence electrons. The molecule has 0 aliphatic carbocycles. The summed E-state index contributed by atoms with van der Waals surface area (Å²) in [6, 6.07) is 21.2. The molecule has 2 aromatic carbocycles. The Balaban J connectivity index is 0.000000246. The summed E-state index contributed by atoms with van der Waals surface area (Å²) in [5, 5.41) is 2.79. The minimum absolute atomic E-state index is 0.132. The van der Waals surface area contributed by atoms with Gasteiger partial charge in [0.1, 0.15) is 0 Å². The molecule has 20 heavy (non-hydrogen) atoms. The molecule has 1 N–H and O–H groups in total. The highest BCUT2D eigenvalue weighted by Crippen LogP contribution is 2.08. The van der Waals surface area contributed by atoms with Crippen molar-refractivity contribution in [3.63, 3.8) is 0 Å². The van der Waals surface area contributed by atoms with Gasteiger partial charge in [-0.15, -0.1) is 0 Å². The Hall–Kier alpha value is -1.22. The molecule has 0 atom stereocenters. The summed E-state index contributed by atoms with van der Waals surface area (Å²) in [6.45, 7) is 1.69. The average molecular weight is 310 g/mol. The fourth-order valence-electron chi connectivity index (χ4n) is 1.47. The minimum atomic E-state index is -3.67. The van der Waals surface area contributed by atoms with Crippen LogP contribution in [0.3, 0.4) is 0 Å². The van der Waals surface area contributed by atoms with Crippen LogP contribution in [-0.2, 0) is 10.1 Å². The van der Waals surface area contributed by atoms with Gasteiger partial charge in [-0.25, -0.2) is 0 Å². The zero-order valence-electron chi connectivity index (χ0n) is 11.4. The lowest BCUT2D eigenvalue weighted by molar-refractivity contribution is 0.482. The van der Waals surface area contributed by atoms with Gasteiger partial charge in [0.15, 0.2) is 0 Å². The van der Waals surface area contributed by atoms with Crippen molar-refractivity contribution in [3.8, 4) is 0 Å². The van der Waals surface area contributed by atoms with Crippen molar-refractivity contribution in [1.82, 2.24) is 0 Å². The lowest BCUT2D eigenvalue weighted by Gasteiger charge is -2.00. The maximum Gasteiger partial charge on any atom is 0.264 e. The molecule has 0 spiro atoms. The van der Waals surface area contributed by atoms with Crippen LogP contribution in [0.5, 0.6) is 0 Å². The molecule has 0 unspecified atom stereocenters. The van der Waals surface area contributed by atoms with Crippen LogP contribution in [0.25, 0.3) is 0 Å². The predicted octanol–water partition coefficient (Wildman–Crippen LogP) is 2.60. The van der Waals surface area contributed by atoms with E-state index in [9.17, 15) is 8.42 Å². The number of rotatable bonds is 4. The summed E-state index contributed by atoms with van der Waals surface area (Å²) in [7, 11) is -2.90. The molecule has 0 amide bonds. The Labute approximate surface area is 122 Å². The van der Waals surface area contributed by atoms with E-state index in [0.717, 1.165) is 8.58 Å². The monoisotopic (exact) mass is 310 g/mol. The maximum atomic E-state index is 9.79. The second kappa shape index (κ2) is 8.85. The normalized spacial score (nSPS) is 10.5. The van der Waals surface area contributed by atoms with Gasteiger partial charge in [-0.2, -0.15) is 8.42 Å². The van der Waals surface area contributed by atoms with Gasteiger partial charge < -0.3 is 0 Å². The van der Waals surface area contributed by atoms with Gasteiger partial charge in [-0.3, -0.25) is 4.55 Å². The van der Waals surface area contributed by atoms with Gasteiger partial charge in [0.25, 0.3) is 10.1 Å². The van der Waals surface area contributed by atoms with Crippen molar-refractivity contribution in [2.45, 2.75) is 13.3 Å². The van der Waals surface area contributed by atoms with E-state index in [1.807, 2.05) is 0 Å². The van der Waals surface area contributed by atoms with Gasteiger partial charge in [0, 0.05) is 0 Å². The molecule has 2 aromatic rings. The zero-order valence-corrected chi connectivity index (χ0v) is 13.2. The third-order valence-electron chi connectivity index (χ3n) is 2.30. The SMILES string of the molecule is CCCS(=O)(=O)O.c1ccc(Pc2ccccc2)cc1. The second-order valence-corrected chi connectivity index (χ2v) is 7.12. The van der Waals surface area contributed by atoms with E-state index >= 15 is 0 Å². The van der Waals surface area contributed by atoms with Crippen molar-refractivity contribution >= 4 is 29.3 Å². The maximum absolute atomic E-state index is 9.79. The molecule has 0 aliphatic rings.